The highest BCUT2D eigenvalue weighted by molar-refractivity contribution is 7.89. The van der Waals surface area contributed by atoms with Gasteiger partial charge in [-0.15, -0.1) is 0 Å². The quantitative estimate of drug-likeness (QED) is 0.714. The van der Waals surface area contributed by atoms with Crippen molar-refractivity contribution in [2.45, 2.75) is 30.7 Å². The third kappa shape index (κ3) is 3.50. The second-order valence-electron chi connectivity index (χ2n) is 4.47. The van der Waals surface area contributed by atoms with Gasteiger partial charge in [-0.2, -0.15) is 0 Å². The Bertz CT molecular complexity index is 532. The first-order chi connectivity index (χ1) is 8.80. The van der Waals surface area contributed by atoms with E-state index in [1.807, 2.05) is 0 Å². The fraction of sp³-hybridized carbons (Fsp3) is 0.500. The lowest BCUT2D eigenvalue weighted by Crippen LogP contribution is -2.53. The number of aliphatic hydroxyl groups is 2. The van der Waals surface area contributed by atoms with Crippen LogP contribution in [0.3, 0.4) is 0 Å². The summed E-state index contributed by atoms with van der Waals surface area (Å²) < 4.78 is 39.8. The summed E-state index contributed by atoms with van der Waals surface area (Å²) in [5, 5.41) is 18.4. The van der Waals surface area contributed by atoms with E-state index in [0.29, 0.717) is 5.56 Å². The maximum Gasteiger partial charge on any atom is 0.241 e. The molecule has 1 aromatic rings. The molecule has 0 saturated heterocycles. The minimum Gasteiger partial charge on any atom is -0.394 e. The fourth-order valence-corrected chi connectivity index (χ4v) is 2.96. The fourth-order valence-electron chi connectivity index (χ4n) is 1.50. The molecule has 0 bridgehead atoms. The second-order valence-corrected chi connectivity index (χ2v) is 6.15. The number of benzene rings is 1. The summed E-state index contributed by atoms with van der Waals surface area (Å²) in [6.45, 7) is 2.06. The molecule has 0 radical (unpaired) electrons. The first-order valence-corrected chi connectivity index (χ1v) is 7.30. The standard InChI is InChI=1S/C12H18FNO4S/c1-3-12(7-15,8-16)14-19(17,18)10-5-4-9(2)11(13)6-10/h4-6,14-16H,3,7-8H2,1-2H3. The molecule has 108 valence electrons. The highest BCUT2D eigenvalue weighted by atomic mass is 32.2. The van der Waals surface area contributed by atoms with Crippen LogP contribution in [0.15, 0.2) is 23.1 Å². The molecule has 7 heteroatoms. The monoisotopic (exact) mass is 291 g/mol. The van der Waals surface area contributed by atoms with Crippen molar-refractivity contribution in [1.29, 1.82) is 0 Å². The van der Waals surface area contributed by atoms with E-state index in [4.69, 9.17) is 0 Å². The SMILES string of the molecule is CCC(CO)(CO)NS(=O)(=O)c1ccc(C)c(F)c1. The molecule has 0 amide bonds. The van der Waals surface area contributed by atoms with Crippen molar-refractivity contribution in [3.05, 3.63) is 29.6 Å². The molecule has 0 heterocycles. The van der Waals surface area contributed by atoms with Crippen molar-refractivity contribution < 1.29 is 23.0 Å². The largest absolute Gasteiger partial charge is 0.394 e. The van der Waals surface area contributed by atoms with Crippen LogP contribution in [-0.2, 0) is 10.0 Å². The number of aryl methyl sites for hydroxylation is 1. The second kappa shape index (κ2) is 5.96. The summed E-state index contributed by atoms with van der Waals surface area (Å²) >= 11 is 0. The number of rotatable bonds is 6. The number of hydrogen-bond donors (Lipinski definition) is 3. The maximum absolute atomic E-state index is 13.4. The van der Waals surface area contributed by atoms with Crippen LogP contribution in [0.1, 0.15) is 18.9 Å². The van der Waals surface area contributed by atoms with Crippen molar-refractivity contribution in [3.63, 3.8) is 0 Å². The Hall–Kier alpha value is -1.02. The van der Waals surface area contributed by atoms with Crippen LogP contribution in [0.5, 0.6) is 0 Å². The van der Waals surface area contributed by atoms with Crippen LogP contribution >= 0.6 is 0 Å². The summed E-state index contributed by atoms with van der Waals surface area (Å²) in [5.41, 5.74) is -1.01. The van der Waals surface area contributed by atoms with Gasteiger partial charge in [-0.3, -0.25) is 0 Å². The molecule has 0 aliphatic rings. The molecular weight excluding hydrogens is 273 g/mol. The molecule has 0 saturated carbocycles. The van der Waals surface area contributed by atoms with Crippen LogP contribution in [0.4, 0.5) is 4.39 Å². The van der Waals surface area contributed by atoms with Crippen molar-refractivity contribution in [3.8, 4) is 0 Å². The van der Waals surface area contributed by atoms with Gasteiger partial charge in [0, 0.05) is 0 Å². The average Bonchev–Trinajstić information content (AvgIpc) is 2.39. The summed E-state index contributed by atoms with van der Waals surface area (Å²) in [4.78, 5) is -0.240. The highest BCUT2D eigenvalue weighted by Gasteiger charge is 2.32. The Morgan fingerprint density at radius 2 is 1.89 bits per heavy atom. The first kappa shape index (κ1) is 16.0. The van der Waals surface area contributed by atoms with Gasteiger partial charge >= 0.3 is 0 Å². The van der Waals surface area contributed by atoms with E-state index in [0.717, 1.165) is 6.07 Å². The number of halogens is 1. The van der Waals surface area contributed by atoms with Gasteiger partial charge in [-0.1, -0.05) is 13.0 Å². The van der Waals surface area contributed by atoms with Gasteiger partial charge in [-0.05, 0) is 31.0 Å². The van der Waals surface area contributed by atoms with Gasteiger partial charge in [0.2, 0.25) is 10.0 Å². The van der Waals surface area contributed by atoms with E-state index in [9.17, 15) is 23.0 Å². The lowest BCUT2D eigenvalue weighted by molar-refractivity contribution is 0.105. The van der Waals surface area contributed by atoms with E-state index >= 15 is 0 Å². The molecule has 0 aliphatic heterocycles. The van der Waals surface area contributed by atoms with Crippen LogP contribution in [0.25, 0.3) is 0 Å². The van der Waals surface area contributed by atoms with E-state index < -0.39 is 34.6 Å². The molecule has 0 spiro atoms. The zero-order valence-corrected chi connectivity index (χ0v) is 11.7. The van der Waals surface area contributed by atoms with E-state index in [-0.39, 0.29) is 11.3 Å². The third-order valence-electron chi connectivity index (χ3n) is 3.09. The van der Waals surface area contributed by atoms with Crippen molar-refractivity contribution in [1.82, 2.24) is 4.72 Å². The predicted molar refractivity (Wildman–Crippen MR) is 68.7 cm³/mol. The first-order valence-electron chi connectivity index (χ1n) is 5.82. The molecule has 5 nitrogen and oxygen atoms in total. The summed E-state index contributed by atoms with van der Waals surface area (Å²) in [6.07, 6.45) is 0.202. The molecule has 0 fully saturated rings. The van der Waals surface area contributed by atoms with Gasteiger partial charge in [0.05, 0.1) is 23.6 Å². The van der Waals surface area contributed by atoms with Crippen LogP contribution in [0, 0.1) is 12.7 Å². The van der Waals surface area contributed by atoms with Gasteiger partial charge in [0.15, 0.2) is 0 Å². The Morgan fingerprint density at radius 3 is 2.32 bits per heavy atom. The maximum atomic E-state index is 13.4. The molecule has 19 heavy (non-hydrogen) atoms. The zero-order valence-electron chi connectivity index (χ0n) is 10.9. The topological polar surface area (TPSA) is 86.6 Å². The average molecular weight is 291 g/mol. The number of aliphatic hydroxyl groups excluding tert-OH is 2. The molecule has 0 unspecified atom stereocenters. The van der Waals surface area contributed by atoms with E-state index in [1.54, 1.807) is 6.92 Å². The molecule has 1 rings (SSSR count). The number of hydrogen-bond acceptors (Lipinski definition) is 4. The normalized spacial score (nSPS) is 12.7. The molecule has 0 atom stereocenters. The number of sulfonamides is 1. The van der Waals surface area contributed by atoms with Gasteiger partial charge < -0.3 is 10.2 Å². The van der Waals surface area contributed by atoms with Crippen LogP contribution in [0.2, 0.25) is 0 Å². The van der Waals surface area contributed by atoms with Gasteiger partial charge in [0.25, 0.3) is 0 Å². The molecule has 1 aromatic carbocycles. The molecule has 0 aromatic heterocycles. The van der Waals surface area contributed by atoms with Gasteiger partial charge in [0.1, 0.15) is 5.82 Å². The Balaban J connectivity index is 3.14. The Morgan fingerprint density at radius 1 is 1.32 bits per heavy atom. The summed E-state index contributed by atoms with van der Waals surface area (Å²) in [7, 11) is -4.00. The van der Waals surface area contributed by atoms with Crippen LogP contribution in [-0.4, -0.2) is 37.4 Å². The lowest BCUT2D eigenvalue weighted by Gasteiger charge is -2.29. The van der Waals surface area contributed by atoms with Crippen LogP contribution < -0.4 is 4.72 Å². The summed E-state index contributed by atoms with van der Waals surface area (Å²) in [6, 6.07) is 3.54. The van der Waals surface area contributed by atoms with E-state index in [1.165, 1.54) is 19.1 Å². The molecule has 3 N–H and O–H groups in total. The molecular formula is C12H18FNO4S. The van der Waals surface area contributed by atoms with E-state index in [2.05, 4.69) is 4.72 Å². The van der Waals surface area contributed by atoms with Crippen molar-refractivity contribution in [2.75, 3.05) is 13.2 Å². The Labute approximate surface area is 112 Å². The smallest absolute Gasteiger partial charge is 0.241 e. The van der Waals surface area contributed by atoms with Crippen molar-refractivity contribution >= 4 is 10.0 Å². The van der Waals surface area contributed by atoms with Crippen molar-refractivity contribution in [2.24, 2.45) is 0 Å². The summed E-state index contributed by atoms with van der Waals surface area (Å²) in [5.74, 6) is -0.627. The number of nitrogens with one attached hydrogen (secondary N) is 1. The zero-order chi connectivity index (χ0) is 14.7. The highest BCUT2D eigenvalue weighted by Crippen LogP contribution is 2.18. The minimum atomic E-state index is -4.00. The third-order valence-corrected chi connectivity index (χ3v) is 4.66. The van der Waals surface area contributed by atoms with Gasteiger partial charge in [-0.25, -0.2) is 17.5 Å². The predicted octanol–water partition coefficient (Wildman–Crippen LogP) is 0.546. The lowest BCUT2D eigenvalue weighted by atomic mass is 10.0. The molecule has 0 aliphatic carbocycles. The Kier molecular flexibility index (Phi) is 5.03. The minimum absolute atomic E-state index is 0.202.